The molecule has 2 aromatic carbocycles. The Morgan fingerprint density at radius 1 is 1.14 bits per heavy atom. The fraction of sp³-hybridized carbons (Fsp3) is 0.562. The Hall–Kier alpha value is -3.35. The monoisotopic (exact) mass is 626 g/mol. The lowest BCUT2D eigenvalue weighted by molar-refractivity contribution is -0.385. The van der Waals surface area contributed by atoms with Gasteiger partial charge in [0.05, 0.1) is 41.7 Å². The number of aromatic nitrogens is 2. The highest BCUT2D eigenvalue weighted by atomic mass is 32.2. The van der Waals surface area contributed by atoms with Crippen LogP contribution in [0.2, 0.25) is 0 Å². The minimum Gasteiger partial charge on any atom is -0.490 e. The standard InChI is InChI=1S/C32H42N4O7S/c1-40-30-19-28-26(18-29(30)36(38)39)20-35(33-28)27-8-13-32(14-9-27,43-23-44-2)22-41-17-12-24-10-15-34(16-11-24)31(37)42-21-25-6-4-3-5-7-25/h3-7,18-20,24,27H,8-17,21-23H2,1-2H3. The third-order valence-corrected chi connectivity index (χ3v) is 9.21. The van der Waals surface area contributed by atoms with E-state index in [0.29, 0.717) is 50.3 Å². The number of nitrogens with zero attached hydrogens (tertiary/aromatic N) is 4. The number of benzene rings is 2. The number of methoxy groups -OCH3 is 1. The summed E-state index contributed by atoms with van der Waals surface area (Å²) >= 11 is 1.66. The molecule has 0 atom stereocenters. The van der Waals surface area contributed by atoms with Gasteiger partial charge in [-0.15, -0.1) is 11.8 Å². The normalized spacial score (nSPS) is 21.0. The fourth-order valence-electron chi connectivity index (χ4n) is 6.18. The molecule has 11 nitrogen and oxygen atoms in total. The second-order valence-corrected chi connectivity index (χ2v) is 12.5. The number of carbonyl (C=O) groups excluding carboxylic acids is 1. The maximum Gasteiger partial charge on any atom is 0.410 e. The van der Waals surface area contributed by atoms with Crippen molar-refractivity contribution in [2.24, 2.45) is 5.92 Å². The first kappa shape index (κ1) is 32.1. The zero-order valence-electron chi connectivity index (χ0n) is 25.5. The summed E-state index contributed by atoms with van der Waals surface area (Å²) in [6, 6.07) is 13.1. The summed E-state index contributed by atoms with van der Waals surface area (Å²) in [5, 5.41) is 16.9. The summed E-state index contributed by atoms with van der Waals surface area (Å²) in [5.74, 6) is 1.35. The van der Waals surface area contributed by atoms with E-state index in [4.69, 9.17) is 24.0 Å². The first-order chi connectivity index (χ1) is 21.4. The van der Waals surface area contributed by atoms with Crippen molar-refractivity contribution in [3.8, 4) is 5.75 Å². The molecule has 0 radical (unpaired) electrons. The first-order valence-electron chi connectivity index (χ1n) is 15.3. The van der Waals surface area contributed by atoms with Crippen molar-refractivity contribution in [3.05, 3.63) is 64.3 Å². The first-order valence-corrected chi connectivity index (χ1v) is 16.7. The van der Waals surface area contributed by atoms with Crippen LogP contribution in [0.5, 0.6) is 5.75 Å². The average Bonchev–Trinajstić information content (AvgIpc) is 3.48. The molecule has 12 heteroatoms. The van der Waals surface area contributed by atoms with Crippen molar-refractivity contribution in [1.82, 2.24) is 14.7 Å². The molecule has 0 spiro atoms. The summed E-state index contributed by atoms with van der Waals surface area (Å²) in [6.45, 7) is 2.94. The molecule has 2 aliphatic rings. The number of nitro benzene ring substituents is 1. The molecule has 44 heavy (non-hydrogen) atoms. The van der Waals surface area contributed by atoms with Gasteiger partial charge in [-0.25, -0.2) is 4.79 Å². The van der Waals surface area contributed by atoms with Gasteiger partial charge < -0.3 is 23.8 Å². The van der Waals surface area contributed by atoms with Crippen LogP contribution in [0.3, 0.4) is 0 Å². The number of thioether (sulfide) groups is 1. The van der Waals surface area contributed by atoms with Gasteiger partial charge in [-0.2, -0.15) is 5.10 Å². The summed E-state index contributed by atoms with van der Waals surface area (Å²) in [4.78, 5) is 25.3. The van der Waals surface area contributed by atoms with Gasteiger partial charge in [0.25, 0.3) is 0 Å². The van der Waals surface area contributed by atoms with E-state index in [1.54, 1.807) is 17.8 Å². The molecule has 1 aliphatic heterocycles. The second kappa shape index (κ2) is 15.1. The van der Waals surface area contributed by atoms with E-state index in [0.717, 1.165) is 55.9 Å². The molecule has 2 fully saturated rings. The smallest absolute Gasteiger partial charge is 0.410 e. The topological polar surface area (TPSA) is 118 Å². The summed E-state index contributed by atoms with van der Waals surface area (Å²) < 4.78 is 25.3. The number of fused-ring (bicyclic) bond motifs is 1. The number of ether oxygens (including phenoxy) is 4. The Kier molecular flexibility index (Phi) is 11.0. The Balaban J connectivity index is 1.07. The molecular formula is C32H42N4O7S. The molecule has 0 bridgehead atoms. The van der Waals surface area contributed by atoms with Crippen LogP contribution in [0.25, 0.3) is 10.9 Å². The Labute approximate surface area is 262 Å². The van der Waals surface area contributed by atoms with Crippen molar-refractivity contribution in [2.45, 2.75) is 63.2 Å². The van der Waals surface area contributed by atoms with E-state index >= 15 is 0 Å². The molecule has 1 amide bonds. The van der Waals surface area contributed by atoms with Crippen molar-refractivity contribution >= 4 is 34.4 Å². The number of piperidine rings is 1. The highest BCUT2D eigenvalue weighted by Crippen LogP contribution is 2.39. The molecule has 0 N–H and O–H groups in total. The Morgan fingerprint density at radius 2 is 1.89 bits per heavy atom. The second-order valence-electron chi connectivity index (χ2n) is 11.7. The van der Waals surface area contributed by atoms with E-state index in [2.05, 4.69) is 0 Å². The summed E-state index contributed by atoms with van der Waals surface area (Å²) in [5.41, 5.74) is 1.28. The van der Waals surface area contributed by atoms with Gasteiger partial charge in [-0.3, -0.25) is 14.8 Å². The quantitative estimate of drug-likeness (QED) is 0.0895. The van der Waals surface area contributed by atoms with E-state index in [1.165, 1.54) is 13.2 Å². The van der Waals surface area contributed by atoms with E-state index in [-0.39, 0.29) is 29.2 Å². The van der Waals surface area contributed by atoms with Crippen molar-refractivity contribution in [2.75, 3.05) is 45.6 Å². The van der Waals surface area contributed by atoms with Crippen molar-refractivity contribution < 1.29 is 28.7 Å². The number of nitro groups is 1. The Morgan fingerprint density at radius 3 is 2.57 bits per heavy atom. The zero-order valence-corrected chi connectivity index (χ0v) is 26.3. The van der Waals surface area contributed by atoms with Gasteiger partial charge in [0.1, 0.15) is 6.61 Å². The van der Waals surface area contributed by atoms with Crippen LogP contribution in [-0.2, 0) is 20.8 Å². The predicted molar refractivity (Wildman–Crippen MR) is 169 cm³/mol. The number of carbonyl (C=O) groups is 1. The molecule has 1 saturated heterocycles. The minimum absolute atomic E-state index is 0.0586. The van der Waals surface area contributed by atoms with Crippen LogP contribution in [0.4, 0.5) is 10.5 Å². The SMILES string of the molecule is COc1cc2nn(C3CCC(COCCC4CCN(C(=O)OCc5ccccc5)CC4)(OCSC)CC3)cc2cc1[N+](=O)[O-]. The minimum atomic E-state index is -0.430. The van der Waals surface area contributed by atoms with Crippen LogP contribution in [0, 0.1) is 16.0 Å². The predicted octanol–water partition coefficient (Wildman–Crippen LogP) is 6.60. The molecular weight excluding hydrogens is 584 g/mol. The molecule has 1 aliphatic carbocycles. The lowest BCUT2D eigenvalue weighted by Gasteiger charge is -2.40. The molecule has 1 aromatic heterocycles. The third-order valence-electron chi connectivity index (χ3n) is 8.86. The van der Waals surface area contributed by atoms with Gasteiger partial charge >= 0.3 is 11.8 Å². The lowest BCUT2D eigenvalue weighted by Crippen LogP contribution is -2.42. The number of amides is 1. The van der Waals surface area contributed by atoms with Gasteiger partial charge in [-0.1, -0.05) is 30.3 Å². The molecule has 2 heterocycles. The maximum atomic E-state index is 12.5. The van der Waals surface area contributed by atoms with Crippen molar-refractivity contribution in [1.29, 1.82) is 0 Å². The number of likely N-dealkylation sites (tertiary alicyclic amines) is 1. The van der Waals surface area contributed by atoms with Gasteiger partial charge in [0.15, 0.2) is 5.75 Å². The van der Waals surface area contributed by atoms with Crippen molar-refractivity contribution in [3.63, 3.8) is 0 Å². The number of hydrogen-bond donors (Lipinski definition) is 0. The highest BCUT2D eigenvalue weighted by molar-refractivity contribution is 7.98. The zero-order chi connectivity index (χ0) is 30.9. The van der Waals surface area contributed by atoms with Gasteiger partial charge in [0, 0.05) is 43.4 Å². The van der Waals surface area contributed by atoms with Crippen LogP contribution >= 0.6 is 11.8 Å². The highest BCUT2D eigenvalue weighted by Gasteiger charge is 2.38. The number of rotatable bonds is 13. The number of hydrogen-bond acceptors (Lipinski definition) is 9. The van der Waals surface area contributed by atoms with E-state index < -0.39 is 4.92 Å². The van der Waals surface area contributed by atoms with E-state index in [1.807, 2.05) is 52.4 Å². The molecule has 238 valence electrons. The average molecular weight is 627 g/mol. The van der Waals surface area contributed by atoms with Gasteiger partial charge in [0.2, 0.25) is 0 Å². The third kappa shape index (κ3) is 8.02. The van der Waals surface area contributed by atoms with Crippen LogP contribution in [-0.4, -0.2) is 76.9 Å². The van der Waals surface area contributed by atoms with E-state index in [9.17, 15) is 14.9 Å². The molecule has 1 saturated carbocycles. The molecule has 5 rings (SSSR count). The molecule has 0 unspecified atom stereocenters. The fourth-order valence-corrected chi connectivity index (χ4v) is 6.55. The summed E-state index contributed by atoms with van der Waals surface area (Å²) in [7, 11) is 1.43. The summed E-state index contributed by atoms with van der Waals surface area (Å²) in [6.07, 6.45) is 10.0. The molecule has 3 aromatic rings. The van der Waals surface area contributed by atoms with Gasteiger partial charge in [-0.05, 0) is 62.7 Å². The lowest BCUT2D eigenvalue weighted by atomic mass is 9.82. The van der Waals surface area contributed by atoms with Crippen LogP contribution < -0.4 is 4.74 Å². The maximum absolute atomic E-state index is 12.5. The largest absolute Gasteiger partial charge is 0.490 e. The van der Waals surface area contributed by atoms with Crippen LogP contribution in [0.15, 0.2) is 48.7 Å². The van der Waals surface area contributed by atoms with Crippen LogP contribution in [0.1, 0.15) is 56.6 Å². The Bertz CT molecular complexity index is 1390.